The molecule has 1 N–H and O–H groups in total. The van der Waals surface area contributed by atoms with Crippen LogP contribution in [-0.2, 0) is 0 Å². The number of hydrogen-bond donors (Lipinski definition) is 1. The van der Waals surface area contributed by atoms with Gasteiger partial charge in [0, 0.05) is 18.2 Å². The molecule has 0 bridgehead atoms. The van der Waals surface area contributed by atoms with Crippen molar-refractivity contribution in [1.29, 1.82) is 0 Å². The van der Waals surface area contributed by atoms with Gasteiger partial charge < -0.3 is 19.9 Å². The lowest BCUT2D eigenvalue weighted by molar-refractivity contribution is 0.269. The summed E-state index contributed by atoms with van der Waals surface area (Å²) in [5, 5.41) is 3.57. The topological polar surface area (TPSA) is 27.7 Å². The third-order valence-corrected chi connectivity index (χ3v) is 3.60. The number of ether oxygens (including phenoxy) is 1. The molecule has 1 aromatic carbocycles. The van der Waals surface area contributed by atoms with Crippen LogP contribution in [0.15, 0.2) is 24.3 Å². The van der Waals surface area contributed by atoms with E-state index in [1.807, 2.05) is 12.1 Å². The quantitative estimate of drug-likeness (QED) is 0.716. The van der Waals surface area contributed by atoms with E-state index in [-0.39, 0.29) is 0 Å². The summed E-state index contributed by atoms with van der Waals surface area (Å²) in [5.74, 6) is 0.963. The van der Waals surface area contributed by atoms with E-state index in [2.05, 4.69) is 55.3 Å². The second-order valence-electron chi connectivity index (χ2n) is 5.77. The third-order valence-electron chi connectivity index (χ3n) is 3.60. The zero-order valence-electron chi connectivity index (χ0n) is 14.2. The average Bonchev–Trinajstić information content (AvgIpc) is 2.46. The fourth-order valence-electron chi connectivity index (χ4n) is 2.53. The van der Waals surface area contributed by atoms with Crippen LogP contribution >= 0.6 is 0 Å². The van der Waals surface area contributed by atoms with Crippen LogP contribution in [0, 0.1) is 0 Å². The summed E-state index contributed by atoms with van der Waals surface area (Å²) < 4.78 is 5.50. The summed E-state index contributed by atoms with van der Waals surface area (Å²) in [4.78, 5) is 4.62. The van der Waals surface area contributed by atoms with Crippen molar-refractivity contribution in [3.63, 3.8) is 0 Å². The predicted molar refractivity (Wildman–Crippen MR) is 90.1 cm³/mol. The SMILES string of the molecule is CCNC(CN(C)CCCN(C)C)c1ccccc1OC. The normalized spacial score (nSPS) is 12.9. The zero-order valence-corrected chi connectivity index (χ0v) is 14.2. The Morgan fingerprint density at radius 1 is 1.14 bits per heavy atom. The van der Waals surface area contributed by atoms with Gasteiger partial charge in [-0.15, -0.1) is 0 Å². The van der Waals surface area contributed by atoms with Gasteiger partial charge in [-0.05, 0) is 53.3 Å². The highest BCUT2D eigenvalue weighted by Gasteiger charge is 2.16. The first-order chi connectivity index (χ1) is 10.1. The van der Waals surface area contributed by atoms with Crippen LogP contribution in [0.2, 0.25) is 0 Å². The summed E-state index contributed by atoms with van der Waals surface area (Å²) in [6.45, 7) is 6.32. The standard InChI is InChI=1S/C17H31N3O/c1-6-18-16(14-20(4)13-9-12-19(2)3)15-10-7-8-11-17(15)21-5/h7-8,10-11,16,18H,6,9,12-14H2,1-5H3. The maximum absolute atomic E-state index is 5.50. The Balaban J connectivity index is 2.64. The third kappa shape index (κ3) is 6.46. The smallest absolute Gasteiger partial charge is 0.123 e. The molecule has 0 aliphatic carbocycles. The Bertz CT molecular complexity index is 395. The first kappa shape index (κ1) is 18.0. The molecule has 1 unspecified atom stereocenters. The van der Waals surface area contributed by atoms with Gasteiger partial charge in [0.2, 0.25) is 0 Å². The van der Waals surface area contributed by atoms with Gasteiger partial charge in [0.15, 0.2) is 0 Å². The molecule has 0 aromatic heterocycles. The minimum absolute atomic E-state index is 0.301. The van der Waals surface area contributed by atoms with Crippen LogP contribution in [-0.4, -0.2) is 64.2 Å². The molecule has 0 spiro atoms. The molecule has 0 amide bonds. The molecule has 4 heteroatoms. The average molecular weight is 293 g/mol. The number of para-hydroxylation sites is 1. The lowest BCUT2D eigenvalue weighted by Crippen LogP contribution is -2.34. The highest BCUT2D eigenvalue weighted by atomic mass is 16.5. The number of nitrogens with one attached hydrogen (secondary N) is 1. The number of methoxy groups -OCH3 is 1. The molecule has 0 saturated carbocycles. The van der Waals surface area contributed by atoms with Crippen molar-refractivity contribution >= 4 is 0 Å². The molecule has 120 valence electrons. The van der Waals surface area contributed by atoms with Crippen LogP contribution in [0.4, 0.5) is 0 Å². The molecule has 0 saturated heterocycles. The highest BCUT2D eigenvalue weighted by Crippen LogP contribution is 2.25. The summed E-state index contributed by atoms with van der Waals surface area (Å²) in [7, 11) is 8.17. The first-order valence-electron chi connectivity index (χ1n) is 7.78. The second kappa shape index (κ2) is 9.77. The Morgan fingerprint density at radius 2 is 1.86 bits per heavy atom. The largest absolute Gasteiger partial charge is 0.496 e. The molecule has 0 radical (unpaired) electrons. The Morgan fingerprint density at radius 3 is 2.48 bits per heavy atom. The minimum atomic E-state index is 0.301. The lowest BCUT2D eigenvalue weighted by Gasteiger charge is -2.26. The maximum Gasteiger partial charge on any atom is 0.123 e. The molecule has 4 nitrogen and oxygen atoms in total. The van der Waals surface area contributed by atoms with Gasteiger partial charge in [0.05, 0.1) is 7.11 Å². The molecule has 1 aromatic rings. The van der Waals surface area contributed by atoms with E-state index in [1.165, 1.54) is 12.0 Å². The molecule has 1 rings (SSSR count). The molecule has 0 aliphatic heterocycles. The number of likely N-dealkylation sites (N-methyl/N-ethyl adjacent to an activating group) is 2. The maximum atomic E-state index is 5.50. The molecular weight excluding hydrogens is 262 g/mol. The van der Waals surface area contributed by atoms with E-state index in [0.29, 0.717) is 6.04 Å². The monoisotopic (exact) mass is 293 g/mol. The van der Waals surface area contributed by atoms with Crippen molar-refractivity contribution in [3.8, 4) is 5.75 Å². The number of rotatable bonds is 10. The summed E-state index contributed by atoms with van der Waals surface area (Å²) >= 11 is 0. The molecule has 0 fully saturated rings. The van der Waals surface area contributed by atoms with Gasteiger partial charge in [-0.2, -0.15) is 0 Å². The number of benzene rings is 1. The van der Waals surface area contributed by atoms with E-state index < -0.39 is 0 Å². The van der Waals surface area contributed by atoms with Gasteiger partial charge in [-0.1, -0.05) is 25.1 Å². The van der Waals surface area contributed by atoms with Crippen molar-refractivity contribution in [1.82, 2.24) is 15.1 Å². The molecule has 0 aliphatic rings. The van der Waals surface area contributed by atoms with E-state index in [0.717, 1.165) is 31.9 Å². The van der Waals surface area contributed by atoms with Crippen LogP contribution in [0.5, 0.6) is 5.75 Å². The summed E-state index contributed by atoms with van der Waals surface area (Å²) in [6, 6.07) is 8.59. The van der Waals surface area contributed by atoms with Gasteiger partial charge in [0.25, 0.3) is 0 Å². The fourth-order valence-corrected chi connectivity index (χ4v) is 2.53. The molecule has 21 heavy (non-hydrogen) atoms. The van der Waals surface area contributed by atoms with Crippen molar-refractivity contribution in [2.45, 2.75) is 19.4 Å². The Hall–Kier alpha value is -1.10. The minimum Gasteiger partial charge on any atom is -0.496 e. The predicted octanol–water partition coefficient (Wildman–Crippen LogP) is 2.23. The van der Waals surface area contributed by atoms with Crippen molar-refractivity contribution in [2.75, 3.05) is 54.4 Å². The first-order valence-corrected chi connectivity index (χ1v) is 7.78. The summed E-state index contributed by atoms with van der Waals surface area (Å²) in [6.07, 6.45) is 1.19. The second-order valence-corrected chi connectivity index (χ2v) is 5.77. The Labute approximate surface area is 130 Å². The van der Waals surface area contributed by atoms with Crippen molar-refractivity contribution in [3.05, 3.63) is 29.8 Å². The highest BCUT2D eigenvalue weighted by molar-refractivity contribution is 5.36. The van der Waals surface area contributed by atoms with Crippen molar-refractivity contribution in [2.24, 2.45) is 0 Å². The van der Waals surface area contributed by atoms with E-state index in [1.54, 1.807) is 7.11 Å². The van der Waals surface area contributed by atoms with E-state index >= 15 is 0 Å². The van der Waals surface area contributed by atoms with Gasteiger partial charge >= 0.3 is 0 Å². The van der Waals surface area contributed by atoms with Gasteiger partial charge in [0.1, 0.15) is 5.75 Å². The van der Waals surface area contributed by atoms with E-state index in [9.17, 15) is 0 Å². The van der Waals surface area contributed by atoms with Crippen LogP contribution in [0.3, 0.4) is 0 Å². The zero-order chi connectivity index (χ0) is 15.7. The number of nitrogens with zero attached hydrogens (tertiary/aromatic N) is 2. The van der Waals surface area contributed by atoms with Crippen LogP contribution in [0.1, 0.15) is 24.9 Å². The van der Waals surface area contributed by atoms with Crippen LogP contribution in [0.25, 0.3) is 0 Å². The van der Waals surface area contributed by atoms with Crippen LogP contribution < -0.4 is 10.1 Å². The van der Waals surface area contributed by atoms with Gasteiger partial charge in [-0.3, -0.25) is 0 Å². The fraction of sp³-hybridized carbons (Fsp3) is 0.647. The van der Waals surface area contributed by atoms with Crippen molar-refractivity contribution < 1.29 is 4.74 Å². The van der Waals surface area contributed by atoms with E-state index in [4.69, 9.17) is 4.74 Å². The molecular formula is C17H31N3O. The van der Waals surface area contributed by atoms with Gasteiger partial charge in [-0.25, -0.2) is 0 Å². The molecule has 0 heterocycles. The number of hydrogen-bond acceptors (Lipinski definition) is 4. The Kier molecular flexibility index (Phi) is 8.35. The lowest BCUT2D eigenvalue weighted by atomic mass is 10.0. The molecule has 1 atom stereocenters. The summed E-state index contributed by atoms with van der Waals surface area (Å²) in [5.41, 5.74) is 1.24.